The molecule has 4 aliphatic rings. The van der Waals surface area contributed by atoms with E-state index in [1.807, 2.05) is 9.80 Å². The molecule has 1 aliphatic carbocycles. The Morgan fingerprint density at radius 2 is 2.06 bits per heavy atom. The van der Waals surface area contributed by atoms with E-state index in [9.17, 15) is 18.0 Å². The van der Waals surface area contributed by atoms with Crippen LogP contribution in [0.2, 0.25) is 0 Å². The number of anilines is 1. The number of likely N-dealkylation sites (tertiary alicyclic amines) is 1. The minimum Gasteiger partial charge on any atom is -0.379 e. The van der Waals surface area contributed by atoms with Crippen molar-refractivity contribution in [3.8, 4) is 0 Å². The highest BCUT2D eigenvalue weighted by atomic mass is 19.4. The molecule has 5 rings (SSSR count). The van der Waals surface area contributed by atoms with Gasteiger partial charge in [-0.2, -0.15) is 13.2 Å². The average molecular weight is 510 g/mol. The number of hydrogen-bond donors (Lipinski definition) is 0. The smallest absolute Gasteiger partial charge is 0.379 e. The number of ether oxygens (including phenoxy) is 2. The van der Waals surface area contributed by atoms with Crippen molar-refractivity contribution in [2.45, 2.75) is 76.7 Å². The molecule has 3 aliphatic heterocycles. The highest BCUT2D eigenvalue weighted by molar-refractivity contribution is 5.84. The van der Waals surface area contributed by atoms with E-state index in [2.05, 4.69) is 18.8 Å². The quantitative estimate of drug-likeness (QED) is 0.553. The Hall–Kier alpha value is -1.87. The van der Waals surface area contributed by atoms with Gasteiger partial charge in [-0.25, -0.2) is 4.98 Å². The summed E-state index contributed by atoms with van der Waals surface area (Å²) in [5, 5.41) is 0. The molecule has 6 nitrogen and oxygen atoms in total. The number of methoxy groups -OCH3 is 1. The van der Waals surface area contributed by atoms with Gasteiger partial charge in [0.2, 0.25) is 5.91 Å². The number of rotatable bonds is 6. The first-order valence-electron chi connectivity index (χ1n) is 13.3. The van der Waals surface area contributed by atoms with E-state index in [1.165, 1.54) is 6.07 Å². The van der Waals surface area contributed by atoms with Crippen LogP contribution in [0.1, 0.15) is 58.1 Å². The number of hydrogen-bond acceptors (Lipinski definition) is 5. The molecule has 3 saturated heterocycles. The predicted molar refractivity (Wildman–Crippen MR) is 129 cm³/mol. The van der Waals surface area contributed by atoms with Gasteiger partial charge in [0.1, 0.15) is 11.5 Å². The molecule has 200 valence electrons. The molecule has 1 aromatic rings. The number of fused-ring (bicyclic) bond motifs is 2. The van der Waals surface area contributed by atoms with Crippen molar-refractivity contribution in [1.82, 2.24) is 9.88 Å². The van der Waals surface area contributed by atoms with Crippen LogP contribution in [-0.4, -0.2) is 67.4 Å². The molecular weight excluding hydrogens is 471 g/mol. The summed E-state index contributed by atoms with van der Waals surface area (Å²) in [6.45, 7) is 6.86. The van der Waals surface area contributed by atoms with Crippen LogP contribution in [0.5, 0.6) is 0 Å². The fraction of sp³-hybridized carbons (Fsp3) is 0.778. The number of halogens is 3. The largest absolute Gasteiger partial charge is 0.433 e. The summed E-state index contributed by atoms with van der Waals surface area (Å²) in [6, 6.07) is 4.11. The number of carbonyl (C=O) groups is 1. The zero-order valence-corrected chi connectivity index (χ0v) is 21.5. The van der Waals surface area contributed by atoms with Crippen LogP contribution in [0.25, 0.3) is 0 Å². The van der Waals surface area contributed by atoms with Crippen LogP contribution < -0.4 is 4.90 Å². The summed E-state index contributed by atoms with van der Waals surface area (Å²) in [7, 11) is 1.75. The normalized spacial score (nSPS) is 34.7. The van der Waals surface area contributed by atoms with Crippen LogP contribution in [0.15, 0.2) is 18.2 Å². The van der Waals surface area contributed by atoms with Crippen molar-refractivity contribution >= 4 is 11.7 Å². The molecule has 9 heteroatoms. The van der Waals surface area contributed by atoms with Gasteiger partial charge in [-0.05, 0) is 68.4 Å². The summed E-state index contributed by atoms with van der Waals surface area (Å²) < 4.78 is 50.8. The van der Waals surface area contributed by atoms with Crippen LogP contribution in [-0.2, 0) is 20.4 Å². The molecule has 0 unspecified atom stereocenters. The number of piperazine rings is 1. The lowest BCUT2D eigenvalue weighted by Gasteiger charge is -2.42. The van der Waals surface area contributed by atoms with Crippen molar-refractivity contribution in [2.24, 2.45) is 23.2 Å². The molecule has 36 heavy (non-hydrogen) atoms. The van der Waals surface area contributed by atoms with Gasteiger partial charge in [0, 0.05) is 26.8 Å². The SMILES string of the molecule is CO[C@@H]1COCC[C@@H]1C[C@@H]1CC[C@@](C(=O)N2C[C@H]3C[C@@H]2CN3c2cccc(C(F)(F)F)n2)(C(C)C)C1. The van der Waals surface area contributed by atoms with Crippen molar-refractivity contribution in [3.05, 3.63) is 23.9 Å². The first-order valence-corrected chi connectivity index (χ1v) is 13.3. The van der Waals surface area contributed by atoms with Gasteiger partial charge >= 0.3 is 6.18 Å². The Morgan fingerprint density at radius 1 is 1.25 bits per heavy atom. The Kier molecular flexibility index (Phi) is 7.00. The third-order valence-electron chi connectivity index (χ3n) is 9.38. The van der Waals surface area contributed by atoms with E-state index >= 15 is 0 Å². The van der Waals surface area contributed by atoms with Gasteiger partial charge in [0.25, 0.3) is 0 Å². The van der Waals surface area contributed by atoms with E-state index in [0.29, 0.717) is 37.4 Å². The first kappa shape index (κ1) is 25.8. The molecule has 0 radical (unpaired) electrons. The summed E-state index contributed by atoms with van der Waals surface area (Å²) in [5.41, 5.74) is -1.23. The van der Waals surface area contributed by atoms with E-state index in [4.69, 9.17) is 9.47 Å². The molecule has 0 aromatic carbocycles. The number of carbonyl (C=O) groups excluding carboxylic acids is 1. The van der Waals surface area contributed by atoms with Gasteiger partial charge in [0.15, 0.2) is 0 Å². The highest BCUT2D eigenvalue weighted by Gasteiger charge is 2.54. The lowest BCUT2D eigenvalue weighted by molar-refractivity contribution is -0.146. The molecular formula is C27H38F3N3O3. The van der Waals surface area contributed by atoms with E-state index in [-0.39, 0.29) is 35.4 Å². The first-order chi connectivity index (χ1) is 17.1. The second kappa shape index (κ2) is 9.78. The number of amides is 1. The topological polar surface area (TPSA) is 54.9 Å². The standard InChI is InChI=1S/C27H38F3N3O3/c1-17(2)26(9-7-18(13-26)11-19-8-10-36-16-22(19)35-3)25(34)33-15-20-12-21(33)14-32(20)24-6-4-5-23(31-24)27(28,29)30/h4-6,17-22H,7-16H2,1-3H3/t18-,19+,20+,21+,22+,26-/m0/s1. The Balaban J connectivity index is 1.26. The zero-order valence-electron chi connectivity index (χ0n) is 21.5. The second-order valence-corrected chi connectivity index (χ2v) is 11.6. The van der Waals surface area contributed by atoms with Crippen molar-refractivity contribution < 1.29 is 27.4 Å². The number of pyridine rings is 1. The monoisotopic (exact) mass is 509 g/mol. The third-order valence-corrected chi connectivity index (χ3v) is 9.38. The zero-order chi connectivity index (χ0) is 25.7. The Bertz CT molecular complexity index is 958. The van der Waals surface area contributed by atoms with Gasteiger partial charge in [-0.15, -0.1) is 0 Å². The second-order valence-electron chi connectivity index (χ2n) is 11.6. The predicted octanol–water partition coefficient (Wildman–Crippen LogP) is 4.77. The molecule has 1 saturated carbocycles. The lowest BCUT2D eigenvalue weighted by atomic mass is 9.73. The van der Waals surface area contributed by atoms with Crippen LogP contribution >= 0.6 is 0 Å². The lowest BCUT2D eigenvalue weighted by Crippen LogP contribution is -2.54. The van der Waals surface area contributed by atoms with Gasteiger partial charge in [-0.3, -0.25) is 4.79 Å². The maximum Gasteiger partial charge on any atom is 0.433 e. The molecule has 6 atom stereocenters. The number of aromatic nitrogens is 1. The molecule has 1 aromatic heterocycles. The van der Waals surface area contributed by atoms with Crippen molar-refractivity contribution in [1.29, 1.82) is 0 Å². The van der Waals surface area contributed by atoms with E-state index in [0.717, 1.165) is 51.2 Å². The molecule has 0 N–H and O–H groups in total. The van der Waals surface area contributed by atoms with Crippen molar-refractivity contribution in [3.63, 3.8) is 0 Å². The van der Waals surface area contributed by atoms with Gasteiger partial charge < -0.3 is 19.3 Å². The Morgan fingerprint density at radius 3 is 2.72 bits per heavy atom. The third kappa shape index (κ3) is 4.62. The van der Waals surface area contributed by atoms with Crippen molar-refractivity contribution in [2.75, 3.05) is 38.3 Å². The van der Waals surface area contributed by atoms with Gasteiger partial charge in [0.05, 0.1) is 30.2 Å². The molecule has 1 amide bonds. The van der Waals surface area contributed by atoms with E-state index < -0.39 is 11.9 Å². The highest BCUT2D eigenvalue weighted by Crippen LogP contribution is 2.52. The fourth-order valence-corrected chi connectivity index (χ4v) is 7.29. The summed E-state index contributed by atoms with van der Waals surface area (Å²) >= 11 is 0. The number of alkyl halides is 3. The Labute approximate surface area is 211 Å². The molecule has 2 bridgehead atoms. The summed E-state index contributed by atoms with van der Waals surface area (Å²) in [6.07, 6.45) is 1.41. The maximum atomic E-state index is 14.1. The maximum absolute atomic E-state index is 14.1. The molecule has 4 heterocycles. The minimum absolute atomic E-state index is 0.0149. The summed E-state index contributed by atoms with van der Waals surface area (Å²) in [5.74, 6) is 1.82. The minimum atomic E-state index is -4.46. The summed E-state index contributed by atoms with van der Waals surface area (Å²) in [4.78, 5) is 22.0. The molecule has 0 spiro atoms. The van der Waals surface area contributed by atoms with Crippen LogP contribution in [0.3, 0.4) is 0 Å². The number of nitrogens with zero attached hydrogens (tertiary/aromatic N) is 3. The van der Waals surface area contributed by atoms with Crippen LogP contribution in [0, 0.1) is 23.2 Å². The van der Waals surface area contributed by atoms with Crippen LogP contribution in [0.4, 0.5) is 19.0 Å². The average Bonchev–Trinajstić information content (AvgIpc) is 3.58. The molecule has 4 fully saturated rings. The fourth-order valence-electron chi connectivity index (χ4n) is 7.29. The van der Waals surface area contributed by atoms with E-state index in [1.54, 1.807) is 13.2 Å². The van der Waals surface area contributed by atoms with Gasteiger partial charge in [-0.1, -0.05) is 19.9 Å².